The zero-order chi connectivity index (χ0) is 20.2. The minimum Gasteiger partial charge on any atom is -0.498 e. The monoisotopic (exact) mass is 397 g/mol. The highest BCUT2D eigenvalue weighted by Crippen LogP contribution is 2.64. The van der Waals surface area contributed by atoms with Crippen LogP contribution in [0.15, 0.2) is 40.1 Å². The van der Waals surface area contributed by atoms with Crippen LogP contribution in [0.5, 0.6) is 0 Å². The summed E-state index contributed by atoms with van der Waals surface area (Å²) < 4.78 is 16.8. The Morgan fingerprint density at radius 2 is 2.00 bits per heavy atom. The lowest BCUT2D eigenvalue weighted by Gasteiger charge is -2.56. The second-order valence-corrected chi connectivity index (χ2v) is 9.97. The SMILES string of the molecule is CCOC1=CC2=CC[C@@H]3[C@H](CC[C@]4(C)C(C5=NC(OC)OC5)=CC[C@@H]34)[C@@]2(C)CC1. The van der Waals surface area contributed by atoms with Gasteiger partial charge in [0.2, 0.25) is 0 Å². The molecular weight excluding hydrogens is 362 g/mol. The molecular formula is C25H35NO3. The number of hydrogen-bond donors (Lipinski definition) is 0. The summed E-state index contributed by atoms with van der Waals surface area (Å²) in [6, 6.07) is 0. The second kappa shape index (κ2) is 7.09. The molecule has 0 saturated heterocycles. The predicted octanol–water partition coefficient (Wildman–Crippen LogP) is 5.42. The van der Waals surface area contributed by atoms with E-state index in [-0.39, 0.29) is 5.41 Å². The molecule has 0 bridgehead atoms. The van der Waals surface area contributed by atoms with E-state index in [4.69, 9.17) is 19.2 Å². The van der Waals surface area contributed by atoms with Crippen LogP contribution in [0.2, 0.25) is 0 Å². The molecule has 0 N–H and O–H groups in total. The summed E-state index contributed by atoms with van der Waals surface area (Å²) in [5.74, 6) is 3.44. The van der Waals surface area contributed by atoms with Gasteiger partial charge in [0.1, 0.15) is 0 Å². The molecule has 4 heteroatoms. The Balaban J connectivity index is 1.42. The van der Waals surface area contributed by atoms with Gasteiger partial charge in [0.05, 0.1) is 24.7 Å². The average Bonchev–Trinajstić information content (AvgIpc) is 3.32. The summed E-state index contributed by atoms with van der Waals surface area (Å²) in [6.45, 7) is 8.46. The molecule has 0 spiro atoms. The molecule has 0 aromatic heterocycles. The van der Waals surface area contributed by atoms with E-state index < -0.39 is 6.41 Å². The molecule has 1 unspecified atom stereocenters. The largest absolute Gasteiger partial charge is 0.498 e. The lowest BCUT2D eigenvalue weighted by Crippen LogP contribution is -2.49. The van der Waals surface area contributed by atoms with Crippen LogP contribution in [0.25, 0.3) is 0 Å². The van der Waals surface area contributed by atoms with Crippen molar-refractivity contribution in [3.8, 4) is 0 Å². The highest BCUT2D eigenvalue weighted by molar-refractivity contribution is 6.03. The molecule has 158 valence electrons. The van der Waals surface area contributed by atoms with Crippen LogP contribution in [0.3, 0.4) is 0 Å². The first-order valence-corrected chi connectivity index (χ1v) is 11.5. The van der Waals surface area contributed by atoms with E-state index in [1.807, 2.05) is 0 Å². The van der Waals surface area contributed by atoms with Crippen LogP contribution in [0, 0.1) is 28.6 Å². The molecule has 1 fully saturated rings. The van der Waals surface area contributed by atoms with Crippen LogP contribution < -0.4 is 0 Å². The number of nitrogens with zero attached hydrogens (tertiary/aromatic N) is 1. The van der Waals surface area contributed by atoms with Crippen LogP contribution in [-0.4, -0.2) is 32.4 Å². The molecule has 4 nitrogen and oxygen atoms in total. The van der Waals surface area contributed by atoms with Gasteiger partial charge in [-0.3, -0.25) is 0 Å². The van der Waals surface area contributed by atoms with Gasteiger partial charge in [-0.15, -0.1) is 0 Å². The molecule has 1 saturated carbocycles. The standard InChI is InChI=1S/C25H35NO3/c1-5-28-17-10-12-24(2)16(14-17)6-7-18-19-8-9-21(22-15-29-23(26-22)27-4)25(19,3)13-11-20(18)24/h6,9,14,18-20,23H,5,7-8,10-13,15H2,1-4H3/t18-,19-,20-,23?,24-,25-/m0/s1. The fourth-order valence-corrected chi connectivity index (χ4v) is 7.23. The maximum atomic E-state index is 5.86. The summed E-state index contributed by atoms with van der Waals surface area (Å²) >= 11 is 0. The molecule has 1 aliphatic heterocycles. The van der Waals surface area contributed by atoms with Crippen LogP contribution in [0.4, 0.5) is 0 Å². The first kappa shape index (κ1) is 19.6. The van der Waals surface area contributed by atoms with E-state index in [1.54, 1.807) is 12.7 Å². The number of allylic oxidation sites excluding steroid dienone is 5. The highest BCUT2D eigenvalue weighted by Gasteiger charge is 2.57. The van der Waals surface area contributed by atoms with Crippen molar-refractivity contribution in [1.29, 1.82) is 0 Å². The smallest absolute Gasteiger partial charge is 0.258 e. The first-order valence-electron chi connectivity index (χ1n) is 11.5. The Morgan fingerprint density at radius 1 is 1.14 bits per heavy atom. The van der Waals surface area contributed by atoms with E-state index in [0.29, 0.717) is 17.9 Å². The number of hydrogen-bond acceptors (Lipinski definition) is 4. The van der Waals surface area contributed by atoms with Crippen molar-refractivity contribution in [1.82, 2.24) is 0 Å². The molecule has 29 heavy (non-hydrogen) atoms. The van der Waals surface area contributed by atoms with Crippen molar-refractivity contribution in [3.05, 3.63) is 35.1 Å². The Bertz CT molecular complexity index is 809. The number of rotatable bonds is 4. The molecule has 0 radical (unpaired) electrons. The average molecular weight is 398 g/mol. The van der Waals surface area contributed by atoms with E-state index in [2.05, 4.69) is 39.0 Å². The molecule has 5 rings (SSSR count). The van der Waals surface area contributed by atoms with Gasteiger partial charge in [-0.1, -0.05) is 26.0 Å². The van der Waals surface area contributed by atoms with Crippen molar-refractivity contribution < 1.29 is 14.2 Å². The number of aliphatic imine (C=N–C) groups is 1. The van der Waals surface area contributed by atoms with Gasteiger partial charge in [-0.2, -0.15) is 0 Å². The van der Waals surface area contributed by atoms with Gasteiger partial charge in [-0.25, -0.2) is 4.99 Å². The molecule has 1 heterocycles. The molecule has 5 aliphatic rings. The minimum absolute atomic E-state index is 0.231. The summed E-state index contributed by atoms with van der Waals surface area (Å²) in [5, 5.41) is 0. The zero-order valence-corrected chi connectivity index (χ0v) is 18.4. The summed E-state index contributed by atoms with van der Waals surface area (Å²) in [4.78, 5) is 4.70. The lowest BCUT2D eigenvalue weighted by molar-refractivity contribution is -0.0915. The zero-order valence-electron chi connectivity index (χ0n) is 18.4. The van der Waals surface area contributed by atoms with E-state index >= 15 is 0 Å². The fourth-order valence-electron chi connectivity index (χ4n) is 7.23. The third-order valence-electron chi connectivity index (χ3n) is 8.78. The minimum atomic E-state index is -0.419. The quantitative estimate of drug-likeness (QED) is 0.636. The van der Waals surface area contributed by atoms with Crippen LogP contribution in [-0.2, 0) is 14.2 Å². The fraction of sp³-hybridized carbons (Fsp3) is 0.720. The summed E-state index contributed by atoms with van der Waals surface area (Å²) in [5.41, 5.74) is 4.65. The molecule has 0 aromatic rings. The normalized spacial score (nSPS) is 43.4. The van der Waals surface area contributed by atoms with Crippen molar-refractivity contribution >= 4 is 5.71 Å². The molecule has 0 aromatic carbocycles. The maximum Gasteiger partial charge on any atom is 0.258 e. The van der Waals surface area contributed by atoms with Gasteiger partial charge in [0.25, 0.3) is 6.41 Å². The Morgan fingerprint density at radius 3 is 2.76 bits per heavy atom. The first-order chi connectivity index (χ1) is 14.0. The van der Waals surface area contributed by atoms with E-state index in [1.165, 1.54) is 43.4 Å². The van der Waals surface area contributed by atoms with Crippen molar-refractivity contribution in [2.75, 3.05) is 20.3 Å². The van der Waals surface area contributed by atoms with Crippen LogP contribution >= 0.6 is 0 Å². The van der Waals surface area contributed by atoms with Crippen molar-refractivity contribution in [2.24, 2.45) is 33.6 Å². The number of ether oxygens (including phenoxy) is 3. The third kappa shape index (κ3) is 2.90. The maximum absolute atomic E-state index is 5.86. The Labute approximate surface area is 175 Å². The van der Waals surface area contributed by atoms with Crippen LogP contribution in [0.1, 0.15) is 59.3 Å². The number of fused-ring (bicyclic) bond motifs is 5. The van der Waals surface area contributed by atoms with Crippen molar-refractivity contribution in [2.45, 2.75) is 65.7 Å². The van der Waals surface area contributed by atoms with Gasteiger partial charge in [0.15, 0.2) is 0 Å². The topological polar surface area (TPSA) is 40.0 Å². The van der Waals surface area contributed by atoms with Gasteiger partial charge >= 0.3 is 0 Å². The predicted molar refractivity (Wildman–Crippen MR) is 114 cm³/mol. The Kier molecular flexibility index (Phi) is 4.78. The van der Waals surface area contributed by atoms with Gasteiger partial charge in [0, 0.05) is 13.5 Å². The highest BCUT2D eigenvalue weighted by atomic mass is 16.7. The van der Waals surface area contributed by atoms with Crippen molar-refractivity contribution in [3.63, 3.8) is 0 Å². The second-order valence-electron chi connectivity index (χ2n) is 9.97. The Hall–Kier alpha value is -1.39. The van der Waals surface area contributed by atoms with E-state index in [0.717, 1.165) is 30.6 Å². The van der Waals surface area contributed by atoms with Gasteiger partial charge < -0.3 is 14.2 Å². The van der Waals surface area contributed by atoms with Gasteiger partial charge in [-0.05, 0) is 84.8 Å². The summed E-state index contributed by atoms with van der Waals surface area (Å²) in [7, 11) is 1.66. The molecule has 6 atom stereocenters. The van der Waals surface area contributed by atoms with E-state index in [9.17, 15) is 0 Å². The number of methoxy groups -OCH3 is 1. The summed E-state index contributed by atoms with van der Waals surface area (Å²) in [6.07, 6.45) is 14.2. The third-order valence-corrected chi connectivity index (χ3v) is 8.78. The lowest BCUT2D eigenvalue weighted by atomic mass is 9.48. The molecule has 0 amide bonds. The molecule has 4 aliphatic carbocycles.